The lowest BCUT2D eigenvalue weighted by Crippen LogP contribution is -2.51. The summed E-state index contributed by atoms with van der Waals surface area (Å²) in [6.07, 6.45) is 6.85. The molecule has 3 aliphatic heterocycles. The molecule has 2 aromatic heterocycles. The molecule has 0 spiro atoms. The molecule has 3 aliphatic rings. The Morgan fingerprint density at radius 3 is 3.13 bits per heavy atom. The normalized spacial score (nSPS) is 23.2. The highest BCUT2D eigenvalue weighted by Crippen LogP contribution is 2.50. The van der Waals surface area contributed by atoms with Crippen LogP contribution in [-0.4, -0.2) is 65.3 Å². The number of likely N-dealkylation sites (tertiary alicyclic amines) is 1. The van der Waals surface area contributed by atoms with E-state index in [1.165, 1.54) is 16.6 Å². The second-order valence-electron chi connectivity index (χ2n) is 8.75. The number of carbonyl (C=O) groups is 1. The van der Waals surface area contributed by atoms with Crippen molar-refractivity contribution < 1.29 is 4.79 Å². The van der Waals surface area contributed by atoms with Gasteiger partial charge in [0.25, 0.3) is 0 Å². The average Bonchev–Trinajstić information content (AvgIpc) is 3.32. The van der Waals surface area contributed by atoms with Crippen molar-refractivity contribution in [1.82, 2.24) is 20.1 Å². The molecule has 1 saturated heterocycles. The molecular formula is C23H26N6O. The highest BCUT2D eigenvalue weighted by atomic mass is 16.2. The number of rotatable bonds is 4. The van der Waals surface area contributed by atoms with Crippen LogP contribution >= 0.6 is 0 Å². The zero-order valence-corrected chi connectivity index (χ0v) is 17.2. The number of aromatic amines is 1. The molecule has 7 heteroatoms. The highest BCUT2D eigenvalue weighted by molar-refractivity contribution is 6.04. The van der Waals surface area contributed by atoms with Crippen LogP contribution in [0.1, 0.15) is 30.0 Å². The van der Waals surface area contributed by atoms with Gasteiger partial charge in [0.15, 0.2) is 0 Å². The predicted molar refractivity (Wildman–Crippen MR) is 117 cm³/mol. The molecule has 0 unspecified atom stereocenters. The molecule has 154 valence electrons. The number of fused-ring (bicyclic) bond motifs is 4. The van der Waals surface area contributed by atoms with E-state index in [9.17, 15) is 4.79 Å². The quantitative estimate of drug-likeness (QED) is 0.726. The van der Waals surface area contributed by atoms with Crippen molar-refractivity contribution in [3.63, 3.8) is 0 Å². The van der Waals surface area contributed by atoms with Crippen molar-refractivity contribution in [3.8, 4) is 0 Å². The summed E-state index contributed by atoms with van der Waals surface area (Å²) in [4.78, 5) is 23.5. The number of pyridine rings is 1. The fourth-order valence-electron chi connectivity index (χ4n) is 5.65. The SMILES string of the molecule is CN1C(=O)CN2c3c(cccc31)[C@@H]1CN(CCCc3n[nH]c4cnccc34)CC[C@@H]12. The number of benzene rings is 1. The number of carbonyl (C=O) groups excluding carboxylic acids is 1. The molecule has 0 aliphatic carbocycles. The van der Waals surface area contributed by atoms with Crippen LogP contribution < -0.4 is 9.80 Å². The Hall–Kier alpha value is -2.93. The van der Waals surface area contributed by atoms with Gasteiger partial charge in [0.05, 0.1) is 35.3 Å². The van der Waals surface area contributed by atoms with Gasteiger partial charge in [0.1, 0.15) is 0 Å². The van der Waals surface area contributed by atoms with Crippen LogP contribution in [0.25, 0.3) is 10.9 Å². The van der Waals surface area contributed by atoms with Crippen LogP contribution in [0.2, 0.25) is 0 Å². The van der Waals surface area contributed by atoms with Crippen molar-refractivity contribution in [2.75, 3.05) is 43.0 Å². The smallest absolute Gasteiger partial charge is 0.246 e. The first kappa shape index (κ1) is 17.9. The summed E-state index contributed by atoms with van der Waals surface area (Å²) in [5, 5.41) is 8.75. The van der Waals surface area contributed by atoms with E-state index in [1.807, 2.05) is 30.4 Å². The van der Waals surface area contributed by atoms with Crippen LogP contribution in [0.3, 0.4) is 0 Å². The van der Waals surface area contributed by atoms with E-state index in [-0.39, 0.29) is 5.91 Å². The van der Waals surface area contributed by atoms with E-state index in [4.69, 9.17) is 0 Å². The number of aromatic nitrogens is 3. The highest BCUT2D eigenvalue weighted by Gasteiger charge is 2.46. The number of H-pyrrole nitrogens is 1. The lowest BCUT2D eigenvalue weighted by Gasteiger charge is -2.40. The standard InChI is InChI=1S/C23H26N6O/c1-27-21-6-2-4-15-17-13-28(11-8-20(17)29(23(15)21)14-22(27)30)10-3-5-18-16-7-9-24-12-19(16)26-25-18/h2,4,6-7,9,12,17,20H,3,5,8,10-11,13-14H2,1H3,(H,25,26)/t17-,20-/m0/s1. The summed E-state index contributed by atoms with van der Waals surface area (Å²) in [5.41, 5.74) is 5.94. The maximum Gasteiger partial charge on any atom is 0.246 e. The van der Waals surface area contributed by atoms with Gasteiger partial charge in [-0.2, -0.15) is 5.10 Å². The minimum absolute atomic E-state index is 0.198. The Bertz CT molecular complexity index is 1120. The van der Waals surface area contributed by atoms with Gasteiger partial charge in [0.2, 0.25) is 5.91 Å². The van der Waals surface area contributed by atoms with E-state index < -0.39 is 0 Å². The molecule has 7 nitrogen and oxygen atoms in total. The molecule has 6 rings (SSSR count). The first-order chi connectivity index (χ1) is 14.7. The number of hydrogen-bond donors (Lipinski definition) is 1. The monoisotopic (exact) mass is 402 g/mol. The Balaban J connectivity index is 1.16. The van der Waals surface area contributed by atoms with Crippen LogP contribution in [0.4, 0.5) is 11.4 Å². The van der Waals surface area contributed by atoms with E-state index in [0.717, 1.165) is 55.8 Å². The number of para-hydroxylation sites is 1. The van der Waals surface area contributed by atoms with Gasteiger partial charge in [-0.3, -0.25) is 14.9 Å². The summed E-state index contributed by atoms with van der Waals surface area (Å²) >= 11 is 0. The molecule has 0 bridgehead atoms. The molecular weight excluding hydrogens is 376 g/mol. The summed E-state index contributed by atoms with van der Waals surface area (Å²) in [6, 6.07) is 8.97. The molecule has 0 radical (unpaired) electrons. The second-order valence-corrected chi connectivity index (χ2v) is 8.75. The second kappa shape index (κ2) is 6.80. The third-order valence-electron chi connectivity index (χ3n) is 7.17. The van der Waals surface area contributed by atoms with E-state index >= 15 is 0 Å². The fraction of sp³-hybridized carbons (Fsp3) is 0.435. The van der Waals surface area contributed by atoms with Gasteiger partial charge < -0.3 is 14.7 Å². The van der Waals surface area contributed by atoms with Crippen molar-refractivity contribution in [2.24, 2.45) is 0 Å². The summed E-state index contributed by atoms with van der Waals surface area (Å²) < 4.78 is 0. The third-order valence-corrected chi connectivity index (χ3v) is 7.17. The zero-order valence-electron chi connectivity index (χ0n) is 17.2. The molecule has 2 atom stereocenters. The number of amides is 1. The van der Waals surface area contributed by atoms with Crippen molar-refractivity contribution in [2.45, 2.75) is 31.2 Å². The predicted octanol–water partition coefficient (Wildman–Crippen LogP) is 2.55. The topological polar surface area (TPSA) is 68.4 Å². The largest absolute Gasteiger partial charge is 0.357 e. The molecule has 5 heterocycles. The van der Waals surface area contributed by atoms with E-state index in [1.54, 1.807) is 0 Å². The van der Waals surface area contributed by atoms with Gasteiger partial charge in [-0.1, -0.05) is 12.1 Å². The average molecular weight is 403 g/mol. The van der Waals surface area contributed by atoms with Crippen LogP contribution in [0.5, 0.6) is 0 Å². The molecule has 0 saturated carbocycles. The van der Waals surface area contributed by atoms with E-state index in [2.05, 4.69) is 43.2 Å². The number of nitrogens with one attached hydrogen (secondary N) is 1. The zero-order chi connectivity index (χ0) is 20.2. The van der Waals surface area contributed by atoms with Gasteiger partial charge >= 0.3 is 0 Å². The minimum atomic E-state index is 0.198. The maximum atomic E-state index is 12.5. The molecule has 3 aromatic rings. The Labute approximate surface area is 175 Å². The molecule has 1 amide bonds. The molecule has 1 aromatic carbocycles. The fourth-order valence-corrected chi connectivity index (χ4v) is 5.65. The number of nitrogens with zero attached hydrogens (tertiary/aromatic N) is 5. The minimum Gasteiger partial charge on any atom is -0.357 e. The van der Waals surface area contributed by atoms with Crippen LogP contribution in [0, 0.1) is 0 Å². The maximum absolute atomic E-state index is 12.5. The third kappa shape index (κ3) is 2.65. The number of hydrogen-bond acceptors (Lipinski definition) is 5. The lowest BCUT2D eigenvalue weighted by atomic mass is 9.89. The summed E-state index contributed by atoms with van der Waals surface area (Å²) in [7, 11) is 1.90. The summed E-state index contributed by atoms with van der Waals surface area (Å²) in [5.74, 6) is 0.689. The summed E-state index contributed by atoms with van der Waals surface area (Å²) in [6.45, 7) is 3.76. The van der Waals surface area contributed by atoms with Gasteiger partial charge in [-0.25, -0.2) is 0 Å². The molecule has 30 heavy (non-hydrogen) atoms. The Morgan fingerprint density at radius 2 is 2.20 bits per heavy atom. The van der Waals surface area contributed by atoms with Gasteiger partial charge in [-0.15, -0.1) is 0 Å². The molecule has 1 fully saturated rings. The number of anilines is 2. The Kier molecular flexibility index (Phi) is 4.06. The molecule has 1 N–H and O–H groups in total. The van der Waals surface area contributed by atoms with Crippen LogP contribution in [-0.2, 0) is 11.2 Å². The Morgan fingerprint density at radius 1 is 1.27 bits per heavy atom. The number of likely N-dealkylation sites (N-methyl/N-ethyl adjacent to an activating group) is 1. The lowest BCUT2D eigenvalue weighted by molar-refractivity contribution is -0.117. The van der Waals surface area contributed by atoms with Gasteiger partial charge in [0, 0.05) is 43.7 Å². The number of piperidine rings is 1. The number of aryl methyl sites for hydroxylation is 1. The van der Waals surface area contributed by atoms with Crippen LogP contribution in [0.15, 0.2) is 36.7 Å². The van der Waals surface area contributed by atoms with Gasteiger partial charge in [-0.05, 0) is 43.5 Å². The van der Waals surface area contributed by atoms with E-state index in [0.29, 0.717) is 18.5 Å². The van der Waals surface area contributed by atoms with Crippen molar-refractivity contribution in [3.05, 3.63) is 47.9 Å². The van der Waals surface area contributed by atoms with Crippen molar-refractivity contribution >= 4 is 28.2 Å². The van der Waals surface area contributed by atoms with Crippen molar-refractivity contribution in [1.29, 1.82) is 0 Å². The first-order valence-corrected chi connectivity index (χ1v) is 10.9. The first-order valence-electron chi connectivity index (χ1n) is 10.9.